The van der Waals surface area contributed by atoms with E-state index in [1.165, 1.54) is 17.0 Å². The summed E-state index contributed by atoms with van der Waals surface area (Å²) in [5.74, 6) is 0.579. The lowest BCUT2D eigenvalue weighted by Gasteiger charge is -2.26. The molecule has 1 heterocycles. The highest BCUT2D eigenvalue weighted by atomic mass is 19.1. The van der Waals surface area contributed by atoms with Crippen molar-refractivity contribution in [3.8, 4) is 5.75 Å². The van der Waals surface area contributed by atoms with E-state index in [1.807, 2.05) is 38.1 Å². The number of hydrogen-bond donors (Lipinski definition) is 0. The van der Waals surface area contributed by atoms with Gasteiger partial charge in [0.05, 0.1) is 6.54 Å². The van der Waals surface area contributed by atoms with Gasteiger partial charge in [-0.05, 0) is 67.8 Å². The average molecular weight is 378 g/mol. The summed E-state index contributed by atoms with van der Waals surface area (Å²) in [6.45, 7) is 5.88. The molecule has 5 heteroatoms. The number of carbonyl (C=O) groups is 1. The highest BCUT2D eigenvalue weighted by molar-refractivity contribution is 5.95. The number of aromatic nitrogens is 1. The second kappa shape index (κ2) is 8.65. The predicted octanol–water partition coefficient (Wildman–Crippen LogP) is 4.84. The molecule has 1 amide bonds. The molecule has 2 aromatic carbocycles. The van der Waals surface area contributed by atoms with E-state index in [0.29, 0.717) is 17.1 Å². The highest BCUT2D eigenvalue weighted by Crippen LogP contribution is 2.23. The first-order valence-electron chi connectivity index (χ1n) is 9.15. The van der Waals surface area contributed by atoms with Gasteiger partial charge >= 0.3 is 0 Å². The van der Waals surface area contributed by atoms with E-state index in [9.17, 15) is 9.18 Å². The number of amides is 1. The lowest BCUT2D eigenvalue weighted by atomic mass is 10.1. The second-order valence-corrected chi connectivity index (χ2v) is 6.70. The summed E-state index contributed by atoms with van der Waals surface area (Å²) in [6.07, 6.45) is 0.897. The Labute approximate surface area is 164 Å². The van der Waals surface area contributed by atoms with Crippen LogP contribution in [0.4, 0.5) is 10.2 Å². The van der Waals surface area contributed by atoms with E-state index in [2.05, 4.69) is 4.98 Å². The summed E-state index contributed by atoms with van der Waals surface area (Å²) in [5.41, 5.74) is 2.77. The van der Waals surface area contributed by atoms with Crippen LogP contribution in [0.1, 0.15) is 23.6 Å². The Kier molecular flexibility index (Phi) is 6.04. The highest BCUT2D eigenvalue weighted by Gasteiger charge is 2.25. The molecule has 0 N–H and O–H groups in total. The van der Waals surface area contributed by atoms with Gasteiger partial charge in [0.1, 0.15) is 17.4 Å². The smallest absolute Gasteiger partial charge is 0.269 e. The fraction of sp³-hybridized carbons (Fsp3) is 0.217. The molecule has 0 aliphatic heterocycles. The van der Waals surface area contributed by atoms with Gasteiger partial charge in [0.2, 0.25) is 0 Å². The van der Waals surface area contributed by atoms with Gasteiger partial charge < -0.3 is 4.74 Å². The number of benzene rings is 2. The maximum atomic E-state index is 13.6. The maximum Gasteiger partial charge on any atom is 0.269 e. The molecule has 0 bridgehead atoms. The van der Waals surface area contributed by atoms with Gasteiger partial charge in [0, 0.05) is 6.20 Å². The standard InChI is InChI=1S/C23H23FN2O2/c1-16-8-6-11-21(17(16)2)28-18(3)23(27)26(22-12-4-5-13-25-22)15-19-9-7-10-20(24)14-19/h4-14,18H,15H2,1-3H3/t18-/m0/s1. The Morgan fingerprint density at radius 2 is 1.89 bits per heavy atom. The Hall–Kier alpha value is -3.21. The third-order valence-electron chi connectivity index (χ3n) is 4.63. The number of hydrogen-bond acceptors (Lipinski definition) is 3. The fourth-order valence-corrected chi connectivity index (χ4v) is 2.92. The van der Waals surface area contributed by atoms with Crippen LogP contribution in [0.15, 0.2) is 66.9 Å². The molecule has 0 fully saturated rings. The molecule has 1 atom stereocenters. The molecular weight excluding hydrogens is 355 g/mol. The summed E-state index contributed by atoms with van der Waals surface area (Å²) in [7, 11) is 0. The van der Waals surface area contributed by atoms with Crippen molar-refractivity contribution in [3.63, 3.8) is 0 Å². The zero-order valence-corrected chi connectivity index (χ0v) is 16.2. The van der Waals surface area contributed by atoms with Crippen molar-refractivity contribution in [1.29, 1.82) is 0 Å². The van der Waals surface area contributed by atoms with Crippen molar-refractivity contribution in [2.24, 2.45) is 0 Å². The zero-order valence-electron chi connectivity index (χ0n) is 16.2. The van der Waals surface area contributed by atoms with Crippen LogP contribution in [0.2, 0.25) is 0 Å². The van der Waals surface area contributed by atoms with Crippen LogP contribution in [-0.4, -0.2) is 17.0 Å². The summed E-state index contributed by atoms with van der Waals surface area (Å²) < 4.78 is 19.6. The van der Waals surface area contributed by atoms with Crippen LogP contribution >= 0.6 is 0 Å². The first-order chi connectivity index (χ1) is 13.5. The predicted molar refractivity (Wildman–Crippen MR) is 108 cm³/mol. The van der Waals surface area contributed by atoms with E-state index in [-0.39, 0.29) is 18.3 Å². The molecule has 0 saturated heterocycles. The van der Waals surface area contributed by atoms with Gasteiger partial charge in [0.25, 0.3) is 5.91 Å². The van der Waals surface area contributed by atoms with Crippen molar-refractivity contribution in [2.75, 3.05) is 4.90 Å². The molecule has 1 aromatic heterocycles. The number of carbonyl (C=O) groups excluding carboxylic acids is 1. The molecule has 144 valence electrons. The molecule has 0 aliphatic rings. The number of aryl methyl sites for hydroxylation is 1. The molecule has 3 aromatic rings. The summed E-state index contributed by atoms with van der Waals surface area (Å²) in [4.78, 5) is 19.0. The minimum Gasteiger partial charge on any atom is -0.481 e. The maximum absolute atomic E-state index is 13.6. The normalized spacial score (nSPS) is 11.7. The van der Waals surface area contributed by atoms with Crippen molar-refractivity contribution in [3.05, 3.63) is 89.4 Å². The number of pyridine rings is 1. The van der Waals surface area contributed by atoms with Gasteiger partial charge in [-0.15, -0.1) is 0 Å². The topological polar surface area (TPSA) is 42.4 Å². The second-order valence-electron chi connectivity index (χ2n) is 6.70. The molecule has 0 saturated carbocycles. The largest absolute Gasteiger partial charge is 0.481 e. The van der Waals surface area contributed by atoms with E-state index in [1.54, 1.807) is 37.4 Å². The molecule has 0 spiro atoms. The minimum absolute atomic E-state index is 0.202. The van der Waals surface area contributed by atoms with Crippen molar-refractivity contribution >= 4 is 11.7 Å². The van der Waals surface area contributed by atoms with Crippen LogP contribution in [0, 0.1) is 19.7 Å². The molecule has 3 rings (SSSR count). The third kappa shape index (κ3) is 4.55. The average Bonchev–Trinajstić information content (AvgIpc) is 2.70. The van der Waals surface area contributed by atoms with E-state index >= 15 is 0 Å². The van der Waals surface area contributed by atoms with Gasteiger partial charge in [-0.1, -0.05) is 30.3 Å². The van der Waals surface area contributed by atoms with Crippen molar-refractivity contribution in [1.82, 2.24) is 4.98 Å². The van der Waals surface area contributed by atoms with Gasteiger partial charge in [-0.2, -0.15) is 0 Å². The van der Waals surface area contributed by atoms with Gasteiger partial charge in [-0.3, -0.25) is 9.69 Å². The van der Waals surface area contributed by atoms with Crippen LogP contribution in [-0.2, 0) is 11.3 Å². The fourth-order valence-electron chi connectivity index (χ4n) is 2.92. The van der Waals surface area contributed by atoms with Crippen molar-refractivity contribution in [2.45, 2.75) is 33.4 Å². The van der Waals surface area contributed by atoms with Gasteiger partial charge in [0.15, 0.2) is 6.10 Å². The summed E-state index contributed by atoms with van der Waals surface area (Å²) >= 11 is 0. The quantitative estimate of drug-likeness (QED) is 0.616. The van der Waals surface area contributed by atoms with Crippen LogP contribution in [0.5, 0.6) is 5.75 Å². The molecule has 28 heavy (non-hydrogen) atoms. The third-order valence-corrected chi connectivity index (χ3v) is 4.63. The Balaban J connectivity index is 1.86. The Morgan fingerprint density at radius 3 is 2.61 bits per heavy atom. The van der Waals surface area contributed by atoms with Crippen LogP contribution in [0.25, 0.3) is 0 Å². The monoisotopic (exact) mass is 378 g/mol. The molecule has 4 nitrogen and oxygen atoms in total. The Morgan fingerprint density at radius 1 is 1.11 bits per heavy atom. The lowest BCUT2D eigenvalue weighted by Crippen LogP contribution is -2.40. The number of nitrogens with zero attached hydrogens (tertiary/aromatic N) is 2. The lowest BCUT2D eigenvalue weighted by molar-refractivity contribution is -0.124. The minimum atomic E-state index is -0.726. The summed E-state index contributed by atoms with van der Waals surface area (Å²) in [6, 6.07) is 17.3. The number of rotatable bonds is 6. The van der Waals surface area contributed by atoms with Crippen LogP contribution in [0.3, 0.4) is 0 Å². The first-order valence-corrected chi connectivity index (χ1v) is 9.15. The van der Waals surface area contributed by atoms with E-state index in [0.717, 1.165) is 11.1 Å². The Bertz CT molecular complexity index is 960. The molecular formula is C23H23FN2O2. The zero-order chi connectivity index (χ0) is 20.1. The number of ether oxygens (including phenoxy) is 1. The molecule has 0 radical (unpaired) electrons. The van der Waals surface area contributed by atoms with E-state index < -0.39 is 6.10 Å². The molecule has 0 aliphatic carbocycles. The summed E-state index contributed by atoms with van der Waals surface area (Å²) in [5, 5.41) is 0. The van der Waals surface area contributed by atoms with E-state index in [4.69, 9.17) is 4.74 Å². The van der Waals surface area contributed by atoms with Crippen molar-refractivity contribution < 1.29 is 13.9 Å². The SMILES string of the molecule is Cc1cccc(O[C@@H](C)C(=O)N(Cc2cccc(F)c2)c2ccccn2)c1C. The number of halogens is 1. The first kappa shape index (κ1) is 19.5. The number of anilines is 1. The van der Waals surface area contributed by atoms with Crippen LogP contribution < -0.4 is 9.64 Å². The van der Waals surface area contributed by atoms with Gasteiger partial charge in [-0.25, -0.2) is 9.37 Å². The molecule has 0 unspecified atom stereocenters.